The van der Waals surface area contributed by atoms with Gasteiger partial charge in [0.05, 0.1) is 0 Å². The summed E-state index contributed by atoms with van der Waals surface area (Å²) in [7, 11) is 0. The van der Waals surface area contributed by atoms with E-state index in [1.807, 2.05) is 18.2 Å². The topological polar surface area (TPSA) is 53.5 Å². The third kappa shape index (κ3) is 3.54. The zero-order valence-electron chi connectivity index (χ0n) is 12.7. The first-order valence-corrected chi connectivity index (χ1v) is 8.56. The lowest BCUT2D eigenvalue weighted by Gasteiger charge is -2.33. The Labute approximate surface area is 143 Å². The predicted octanol–water partition coefficient (Wildman–Crippen LogP) is 2.77. The Kier molecular flexibility index (Phi) is 4.63. The van der Waals surface area contributed by atoms with E-state index in [2.05, 4.69) is 4.98 Å². The number of piperazine rings is 1. The van der Waals surface area contributed by atoms with Crippen molar-refractivity contribution in [3.05, 3.63) is 40.4 Å². The van der Waals surface area contributed by atoms with Crippen molar-refractivity contribution in [2.24, 2.45) is 0 Å². The van der Waals surface area contributed by atoms with Gasteiger partial charge in [-0.25, -0.2) is 4.98 Å². The summed E-state index contributed by atoms with van der Waals surface area (Å²) in [6.07, 6.45) is 0. The maximum Gasteiger partial charge on any atom is 0.273 e. The minimum Gasteiger partial charge on any atom is -0.339 e. The summed E-state index contributed by atoms with van der Waals surface area (Å²) >= 11 is 7.42. The lowest BCUT2D eigenvalue weighted by atomic mass is 10.2. The molecule has 1 saturated heterocycles. The van der Waals surface area contributed by atoms with E-state index >= 15 is 0 Å². The minimum absolute atomic E-state index is 0.0500. The van der Waals surface area contributed by atoms with Gasteiger partial charge in [0.2, 0.25) is 5.91 Å². The molecule has 1 aliphatic heterocycles. The van der Waals surface area contributed by atoms with Crippen LogP contribution in [0.3, 0.4) is 0 Å². The monoisotopic (exact) mass is 349 g/mol. The van der Waals surface area contributed by atoms with Crippen LogP contribution in [-0.2, 0) is 4.79 Å². The van der Waals surface area contributed by atoms with Crippen molar-refractivity contribution in [3.8, 4) is 10.6 Å². The first kappa shape index (κ1) is 16.0. The Morgan fingerprint density at radius 2 is 1.87 bits per heavy atom. The highest BCUT2D eigenvalue weighted by atomic mass is 35.5. The Morgan fingerprint density at radius 1 is 1.17 bits per heavy atom. The van der Waals surface area contributed by atoms with Crippen molar-refractivity contribution in [3.63, 3.8) is 0 Å². The Morgan fingerprint density at radius 3 is 2.52 bits per heavy atom. The van der Waals surface area contributed by atoms with Gasteiger partial charge in [0.15, 0.2) is 0 Å². The molecule has 0 atom stereocenters. The van der Waals surface area contributed by atoms with Crippen LogP contribution < -0.4 is 0 Å². The molecule has 1 aliphatic rings. The molecule has 120 valence electrons. The lowest BCUT2D eigenvalue weighted by Crippen LogP contribution is -2.50. The van der Waals surface area contributed by atoms with Crippen LogP contribution in [0.4, 0.5) is 0 Å². The Bertz CT molecular complexity index is 738. The number of rotatable bonds is 2. The summed E-state index contributed by atoms with van der Waals surface area (Å²) in [4.78, 5) is 31.8. The number of carbonyl (C=O) groups is 2. The molecule has 0 bridgehead atoms. The highest BCUT2D eigenvalue weighted by Gasteiger charge is 2.24. The standard InChI is InChI=1S/C16H16ClN3O2S/c1-11(21)19-5-7-20(8-6-19)16(22)14-10-23-15(18-14)12-3-2-4-13(17)9-12/h2-4,9-10H,5-8H2,1H3. The quantitative estimate of drug-likeness (QED) is 0.837. The van der Waals surface area contributed by atoms with Gasteiger partial charge in [-0.1, -0.05) is 23.7 Å². The number of amides is 2. The zero-order chi connectivity index (χ0) is 16.4. The molecule has 2 amide bonds. The van der Waals surface area contributed by atoms with Gasteiger partial charge in [-0.05, 0) is 12.1 Å². The van der Waals surface area contributed by atoms with E-state index in [1.54, 1.807) is 28.2 Å². The van der Waals surface area contributed by atoms with Crippen LogP contribution in [0.1, 0.15) is 17.4 Å². The van der Waals surface area contributed by atoms with E-state index < -0.39 is 0 Å². The van der Waals surface area contributed by atoms with Crippen molar-refractivity contribution < 1.29 is 9.59 Å². The molecular weight excluding hydrogens is 334 g/mol. The summed E-state index contributed by atoms with van der Waals surface area (Å²) in [6, 6.07) is 7.42. The lowest BCUT2D eigenvalue weighted by molar-refractivity contribution is -0.130. The van der Waals surface area contributed by atoms with Crippen molar-refractivity contribution >= 4 is 34.8 Å². The molecule has 0 saturated carbocycles. The van der Waals surface area contributed by atoms with Crippen LogP contribution in [0.25, 0.3) is 10.6 Å². The summed E-state index contributed by atoms with van der Waals surface area (Å²) in [5, 5.41) is 3.19. The molecule has 2 aromatic rings. The van der Waals surface area contributed by atoms with Crippen molar-refractivity contribution in [2.75, 3.05) is 26.2 Å². The molecule has 0 spiro atoms. The molecule has 5 nitrogen and oxygen atoms in total. The highest BCUT2D eigenvalue weighted by Crippen LogP contribution is 2.26. The zero-order valence-corrected chi connectivity index (χ0v) is 14.2. The number of thiazole rings is 1. The number of aromatic nitrogens is 1. The van der Waals surface area contributed by atoms with Gasteiger partial charge < -0.3 is 9.80 Å². The molecule has 0 N–H and O–H groups in total. The molecule has 23 heavy (non-hydrogen) atoms. The fourth-order valence-electron chi connectivity index (χ4n) is 2.51. The average molecular weight is 350 g/mol. The fourth-order valence-corrected chi connectivity index (χ4v) is 3.49. The van der Waals surface area contributed by atoms with E-state index in [1.165, 1.54) is 11.3 Å². The molecule has 1 fully saturated rings. The third-order valence-corrected chi connectivity index (χ3v) is 4.93. The second-order valence-corrected chi connectivity index (χ2v) is 6.64. The number of carbonyl (C=O) groups excluding carboxylic acids is 2. The molecule has 0 radical (unpaired) electrons. The largest absolute Gasteiger partial charge is 0.339 e. The number of benzene rings is 1. The van der Waals surface area contributed by atoms with Gasteiger partial charge in [0.1, 0.15) is 10.7 Å². The van der Waals surface area contributed by atoms with Crippen LogP contribution in [0.5, 0.6) is 0 Å². The van der Waals surface area contributed by atoms with E-state index in [9.17, 15) is 9.59 Å². The highest BCUT2D eigenvalue weighted by molar-refractivity contribution is 7.13. The SMILES string of the molecule is CC(=O)N1CCN(C(=O)c2csc(-c3cccc(Cl)c3)n2)CC1. The summed E-state index contributed by atoms with van der Waals surface area (Å²) in [5.74, 6) is -0.0354. The maximum atomic E-state index is 12.5. The third-order valence-electron chi connectivity index (χ3n) is 3.81. The number of nitrogens with zero attached hydrogens (tertiary/aromatic N) is 3. The van der Waals surface area contributed by atoms with Gasteiger partial charge in [-0.3, -0.25) is 9.59 Å². The van der Waals surface area contributed by atoms with E-state index in [-0.39, 0.29) is 11.8 Å². The molecule has 1 aromatic carbocycles. The predicted molar refractivity (Wildman–Crippen MR) is 90.7 cm³/mol. The van der Waals surface area contributed by atoms with Crippen molar-refractivity contribution in [2.45, 2.75) is 6.92 Å². The number of hydrogen-bond donors (Lipinski definition) is 0. The maximum absolute atomic E-state index is 12.5. The van der Waals surface area contributed by atoms with Crippen molar-refractivity contribution in [1.82, 2.24) is 14.8 Å². The summed E-state index contributed by atoms with van der Waals surface area (Å²) in [5.41, 5.74) is 1.35. The molecule has 0 aliphatic carbocycles. The minimum atomic E-state index is -0.0854. The molecular formula is C16H16ClN3O2S. The second-order valence-electron chi connectivity index (χ2n) is 5.35. The van der Waals surface area contributed by atoms with Gasteiger partial charge >= 0.3 is 0 Å². The molecule has 7 heteroatoms. The number of halogens is 1. The summed E-state index contributed by atoms with van der Waals surface area (Å²) < 4.78 is 0. The average Bonchev–Trinajstić information content (AvgIpc) is 3.04. The molecule has 0 unspecified atom stereocenters. The van der Waals surface area contributed by atoms with Crippen molar-refractivity contribution in [1.29, 1.82) is 0 Å². The van der Waals surface area contributed by atoms with Crippen LogP contribution >= 0.6 is 22.9 Å². The Hall–Kier alpha value is -1.92. The Balaban J connectivity index is 1.71. The molecule has 3 rings (SSSR count). The van der Waals surface area contributed by atoms with Gasteiger partial charge in [0, 0.05) is 49.1 Å². The van der Waals surface area contributed by atoms with Gasteiger partial charge in [0.25, 0.3) is 5.91 Å². The van der Waals surface area contributed by atoms with E-state index in [0.717, 1.165) is 10.6 Å². The first-order valence-electron chi connectivity index (χ1n) is 7.31. The fraction of sp³-hybridized carbons (Fsp3) is 0.312. The van der Waals surface area contributed by atoms with Gasteiger partial charge in [-0.15, -0.1) is 11.3 Å². The summed E-state index contributed by atoms with van der Waals surface area (Å²) in [6.45, 7) is 3.79. The van der Waals surface area contributed by atoms with Gasteiger partial charge in [-0.2, -0.15) is 0 Å². The molecule has 1 aromatic heterocycles. The van der Waals surface area contributed by atoms with Crippen LogP contribution in [0, 0.1) is 0 Å². The smallest absolute Gasteiger partial charge is 0.273 e. The first-order chi connectivity index (χ1) is 11.0. The van der Waals surface area contributed by atoms with E-state index in [4.69, 9.17) is 11.6 Å². The molecule has 2 heterocycles. The van der Waals surface area contributed by atoms with Crippen LogP contribution in [-0.4, -0.2) is 52.8 Å². The van der Waals surface area contributed by atoms with Crippen LogP contribution in [0.2, 0.25) is 5.02 Å². The number of hydrogen-bond acceptors (Lipinski definition) is 4. The normalized spacial score (nSPS) is 14.9. The van der Waals surface area contributed by atoms with Crippen LogP contribution in [0.15, 0.2) is 29.6 Å². The second kappa shape index (κ2) is 6.68. The van der Waals surface area contributed by atoms with E-state index in [0.29, 0.717) is 36.9 Å².